The Bertz CT molecular complexity index is 856. The molecule has 6 heteroatoms. The molecule has 0 atom stereocenters. The van der Waals surface area contributed by atoms with Crippen molar-refractivity contribution in [3.8, 4) is 11.3 Å². The van der Waals surface area contributed by atoms with Gasteiger partial charge >= 0.3 is 0 Å². The van der Waals surface area contributed by atoms with E-state index in [1.165, 1.54) is 5.56 Å². The number of aliphatic hydroxyl groups is 1. The van der Waals surface area contributed by atoms with Gasteiger partial charge in [-0.05, 0) is 30.7 Å². The molecule has 25 heavy (non-hydrogen) atoms. The number of carbonyl (C=O) groups is 1. The summed E-state index contributed by atoms with van der Waals surface area (Å²) in [4.78, 5) is 11.3. The van der Waals surface area contributed by atoms with Gasteiger partial charge < -0.3 is 15.7 Å². The molecule has 0 saturated heterocycles. The number of nitrogens with zero attached hydrogens (tertiary/aromatic N) is 1. The lowest BCUT2D eigenvalue weighted by atomic mass is 10.1. The van der Waals surface area contributed by atoms with Crippen LogP contribution in [0.25, 0.3) is 11.3 Å². The van der Waals surface area contributed by atoms with E-state index in [2.05, 4.69) is 52.0 Å². The normalized spacial score (nSPS) is 10.5. The molecule has 1 heterocycles. The van der Waals surface area contributed by atoms with Crippen LogP contribution < -0.4 is 10.6 Å². The average molecular weight is 336 g/mol. The van der Waals surface area contributed by atoms with Gasteiger partial charge in [-0.2, -0.15) is 5.10 Å². The van der Waals surface area contributed by atoms with E-state index in [1.807, 2.05) is 18.2 Å². The number of nitrogens with one attached hydrogen (secondary N) is 3. The fraction of sp³-hybridized carbons (Fsp3) is 0.158. The third-order valence-corrected chi connectivity index (χ3v) is 3.83. The molecular weight excluding hydrogens is 316 g/mol. The van der Waals surface area contributed by atoms with Gasteiger partial charge in [0.2, 0.25) is 5.91 Å². The Hall–Kier alpha value is -3.12. The van der Waals surface area contributed by atoms with Crippen LogP contribution in [0, 0.1) is 6.92 Å². The van der Waals surface area contributed by atoms with Crippen molar-refractivity contribution < 1.29 is 9.90 Å². The predicted octanol–water partition coefficient (Wildman–Crippen LogP) is 2.93. The van der Waals surface area contributed by atoms with Gasteiger partial charge in [-0.3, -0.25) is 9.89 Å². The Morgan fingerprint density at radius 2 is 1.92 bits per heavy atom. The Balaban J connectivity index is 1.70. The van der Waals surface area contributed by atoms with Gasteiger partial charge in [0.15, 0.2) is 0 Å². The van der Waals surface area contributed by atoms with E-state index in [-0.39, 0.29) is 0 Å². The van der Waals surface area contributed by atoms with E-state index in [0.717, 1.165) is 22.5 Å². The molecule has 128 valence electrons. The van der Waals surface area contributed by atoms with Crippen LogP contribution in [0.2, 0.25) is 0 Å². The third kappa shape index (κ3) is 4.24. The van der Waals surface area contributed by atoms with Crippen LogP contribution in [-0.4, -0.2) is 27.8 Å². The minimum atomic E-state index is -0.535. The van der Waals surface area contributed by atoms with Crippen LogP contribution in [0.1, 0.15) is 11.1 Å². The Kier molecular flexibility index (Phi) is 5.11. The number of hydrogen-bond donors (Lipinski definition) is 4. The standard InChI is InChI=1S/C19H20N4O2/c1-13-5-7-14(8-6-13)19-15(11-21-23-19)10-20-16-3-2-4-17(9-16)22-18(25)12-24/h2-9,11,20,24H,10,12H2,1H3,(H,21,23)(H,22,25). The molecule has 6 nitrogen and oxygen atoms in total. The molecule has 0 unspecified atom stereocenters. The number of benzene rings is 2. The fourth-order valence-electron chi connectivity index (χ4n) is 2.52. The Morgan fingerprint density at radius 3 is 2.68 bits per heavy atom. The second kappa shape index (κ2) is 7.63. The van der Waals surface area contributed by atoms with E-state index in [9.17, 15) is 4.79 Å². The highest BCUT2D eigenvalue weighted by molar-refractivity contribution is 5.91. The van der Waals surface area contributed by atoms with Crippen molar-refractivity contribution in [3.63, 3.8) is 0 Å². The summed E-state index contributed by atoms with van der Waals surface area (Å²) >= 11 is 0. The first-order chi connectivity index (χ1) is 12.2. The zero-order chi connectivity index (χ0) is 17.6. The molecule has 0 bridgehead atoms. The second-order valence-corrected chi connectivity index (χ2v) is 5.78. The van der Waals surface area contributed by atoms with Gasteiger partial charge in [-0.25, -0.2) is 0 Å². The molecule has 0 aliphatic heterocycles. The van der Waals surface area contributed by atoms with Crippen molar-refractivity contribution in [1.82, 2.24) is 10.2 Å². The summed E-state index contributed by atoms with van der Waals surface area (Å²) in [5, 5.41) is 22.0. The van der Waals surface area contributed by atoms with Gasteiger partial charge in [0.1, 0.15) is 6.61 Å². The minimum Gasteiger partial charge on any atom is -0.387 e. The Labute approximate surface area is 145 Å². The maximum Gasteiger partial charge on any atom is 0.250 e. The first-order valence-corrected chi connectivity index (χ1v) is 7.99. The topological polar surface area (TPSA) is 90.0 Å². The molecule has 3 rings (SSSR count). The lowest BCUT2D eigenvalue weighted by molar-refractivity contribution is -0.118. The molecule has 1 aromatic heterocycles. The van der Waals surface area contributed by atoms with E-state index in [1.54, 1.807) is 12.3 Å². The van der Waals surface area contributed by atoms with Gasteiger partial charge in [0, 0.05) is 23.5 Å². The van der Waals surface area contributed by atoms with Crippen molar-refractivity contribution in [2.75, 3.05) is 17.2 Å². The number of carbonyl (C=O) groups excluding carboxylic acids is 1. The lowest BCUT2D eigenvalue weighted by Crippen LogP contribution is -2.15. The van der Waals surface area contributed by atoms with Crippen molar-refractivity contribution >= 4 is 17.3 Å². The zero-order valence-corrected chi connectivity index (χ0v) is 13.9. The fourth-order valence-corrected chi connectivity index (χ4v) is 2.52. The molecule has 0 spiro atoms. The number of H-pyrrole nitrogens is 1. The quantitative estimate of drug-likeness (QED) is 0.557. The summed E-state index contributed by atoms with van der Waals surface area (Å²) in [6.45, 7) is 2.12. The van der Waals surface area contributed by atoms with Crippen molar-refractivity contribution in [1.29, 1.82) is 0 Å². The van der Waals surface area contributed by atoms with Crippen LogP contribution in [0.3, 0.4) is 0 Å². The summed E-state index contributed by atoms with van der Waals surface area (Å²) in [6.07, 6.45) is 1.81. The van der Waals surface area contributed by atoms with Gasteiger partial charge in [-0.1, -0.05) is 35.9 Å². The number of rotatable bonds is 6. The number of anilines is 2. The predicted molar refractivity (Wildman–Crippen MR) is 98.2 cm³/mol. The monoisotopic (exact) mass is 336 g/mol. The second-order valence-electron chi connectivity index (χ2n) is 5.78. The van der Waals surface area contributed by atoms with Crippen molar-refractivity contribution in [3.05, 3.63) is 65.9 Å². The smallest absolute Gasteiger partial charge is 0.250 e. The summed E-state index contributed by atoms with van der Waals surface area (Å²) in [7, 11) is 0. The van der Waals surface area contributed by atoms with Crippen molar-refractivity contribution in [2.45, 2.75) is 13.5 Å². The molecule has 0 aliphatic rings. The van der Waals surface area contributed by atoms with Gasteiger partial charge in [-0.15, -0.1) is 0 Å². The summed E-state index contributed by atoms with van der Waals surface area (Å²) in [5.41, 5.74) is 5.83. The third-order valence-electron chi connectivity index (χ3n) is 3.83. The zero-order valence-electron chi connectivity index (χ0n) is 13.9. The summed E-state index contributed by atoms with van der Waals surface area (Å²) < 4.78 is 0. The van der Waals surface area contributed by atoms with Crippen LogP contribution in [0.15, 0.2) is 54.7 Å². The minimum absolute atomic E-state index is 0.436. The number of aryl methyl sites for hydroxylation is 1. The average Bonchev–Trinajstić information content (AvgIpc) is 3.09. The number of aromatic amines is 1. The maximum absolute atomic E-state index is 11.3. The van der Waals surface area contributed by atoms with Crippen LogP contribution in [-0.2, 0) is 11.3 Å². The van der Waals surface area contributed by atoms with E-state index >= 15 is 0 Å². The number of aromatic nitrogens is 2. The van der Waals surface area contributed by atoms with Gasteiger partial charge in [0.25, 0.3) is 0 Å². The Morgan fingerprint density at radius 1 is 1.16 bits per heavy atom. The summed E-state index contributed by atoms with van der Waals surface area (Å²) in [6, 6.07) is 15.6. The maximum atomic E-state index is 11.3. The first-order valence-electron chi connectivity index (χ1n) is 7.99. The first kappa shape index (κ1) is 16.7. The van der Waals surface area contributed by atoms with E-state index in [4.69, 9.17) is 5.11 Å². The summed E-state index contributed by atoms with van der Waals surface area (Å²) in [5.74, 6) is -0.436. The highest BCUT2D eigenvalue weighted by Gasteiger charge is 2.08. The highest BCUT2D eigenvalue weighted by Crippen LogP contribution is 2.23. The molecule has 4 N–H and O–H groups in total. The molecule has 3 aromatic rings. The number of amides is 1. The van der Waals surface area contributed by atoms with Crippen LogP contribution in [0.4, 0.5) is 11.4 Å². The molecule has 2 aromatic carbocycles. The van der Waals surface area contributed by atoms with Gasteiger partial charge in [0.05, 0.1) is 11.9 Å². The van der Waals surface area contributed by atoms with E-state index in [0.29, 0.717) is 12.2 Å². The number of aliphatic hydroxyl groups excluding tert-OH is 1. The van der Waals surface area contributed by atoms with E-state index < -0.39 is 12.5 Å². The van der Waals surface area contributed by atoms with Crippen LogP contribution in [0.5, 0.6) is 0 Å². The largest absolute Gasteiger partial charge is 0.387 e. The molecule has 0 radical (unpaired) electrons. The SMILES string of the molecule is Cc1ccc(-c2[nH]ncc2CNc2cccc(NC(=O)CO)c2)cc1. The molecular formula is C19H20N4O2. The lowest BCUT2D eigenvalue weighted by Gasteiger charge is -2.10. The number of hydrogen-bond acceptors (Lipinski definition) is 4. The van der Waals surface area contributed by atoms with Crippen molar-refractivity contribution in [2.24, 2.45) is 0 Å². The molecule has 0 aliphatic carbocycles. The molecule has 1 amide bonds. The molecule has 0 fully saturated rings. The molecule has 0 saturated carbocycles. The highest BCUT2D eigenvalue weighted by atomic mass is 16.3. The van der Waals surface area contributed by atoms with Crippen LogP contribution >= 0.6 is 0 Å².